The fraction of sp³-hybridized carbons (Fsp3) is 0.238. The van der Waals surface area contributed by atoms with Crippen molar-refractivity contribution in [3.63, 3.8) is 0 Å². The van der Waals surface area contributed by atoms with Gasteiger partial charge in [-0.2, -0.15) is 0 Å². The summed E-state index contributed by atoms with van der Waals surface area (Å²) in [5.74, 6) is 0.488. The SMILES string of the molecule is O=C(Cc1cccnc1)c1cc(-c2ccc(Cl)c(OC3CCOC3)c2)ncn1. The molecule has 0 radical (unpaired) electrons. The maximum atomic E-state index is 12.6. The second-order valence-electron chi connectivity index (χ2n) is 6.50. The fourth-order valence-electron chi connectivity index (χ4n) is 2.98. The number of nitrogens with zero attached hydrogens (tertiary/aromatic N) is 3. The van der Waals surface area contributed by atoms with Crippen LogP contribution in [0.25, 0.3) is 11.3 Å². The first kappa shape index (κ1) is 18.5. The molecule has 1 aliphatic heterocycles. The highest BCUT2D eigenvalue weighted by Gasteiger charge is 2.19. The number of Topliss-reactive ketones (excluding diaryl/α,β-unsaturated/α-hetero) is 1. The topological polar surface area (TPSA) is 74.2 Å². The van der Waals surface area contributed by atoms with E-state index in [2.05, 4.69) is 15.0 Å². The van der Waals surface area contributed by atoms with E-state index in [-0.39, 0.29) is 18.3 Å². The first-order chi connectivity index (χ1) is 13.7. The summed E-state index contributed by atoms with van der Waals surface area (Å²) >= 11 is 6.28. The minimum Gasteiger partial charge on any atom is -0.486 e. The molecule has 28 heavy (non-hydrogen) atoms. The average Bonchev–Trinajstić information content (AvgIpc) is 3.24. The number of carbonyl (C=O) groups is 1. The Balaban J connectivity index is 1.56. The van der Waals surface area contributed by atoms with E-state index >= 15 is 0 Å². The molecule has 1 saturated heterocycles. The lowest BCUT2D eigenvalue weighted by Gasteiger charge is -2.14. The van der Waals surface area contributed by atoms with Crippen molar-refractivity contribution in [2.75, 3.05) is 13.2 Å². The number of aromatic nitrogens is 3. The normalized spacial score (nSPS) is 16.1. The lowest BCUT2D eigenvalue weighted by Crippen LogP contribution is -2.15. The van der Waals surface area contributed by atoms with E-state index in [1.807, 2.05) is 18.2 Å². The van der Waals surface area contributed by atoms with Gasteiger partial charge in [0.05, 0.1) is 23.9 Å². The number of hydrogen-bond acceptors (Lipinski definition) is 6. The molecular formula is C21H18ClN3O3. The van der Waals surface area contributed by atoms with E-state index < -0.39 is 0 Å². The van der Waals surface area contributed by atoms with Gasteiger partial charge in [0.1, 0.15) is 23.9 Å². The Morgan fingerprint density at radius 2 is 2.18 bits per heavy atom. The molecule has 7 heteroatoms. The third kappa shape index (κ3) is 4.35. The van der Waals surface area contributed by atoms with Gasteiger partial charge in [0.15, 0.2) is 5.78 Å². The molecule has 3 aromatic rings. The first-order valence-electron chi connectivity index (χ1n) is 8.97. The number of hydrogen-bond donors (Lipinski definition) is 0. The number of pyridine rings is 1. The van der Waals surface area contributed by atoms with Crippen LogP contribution < -0.4 is 4.74 Å². The lowest BCUT2D eigenvalue weighted by atomic mass is 10.1. The van der Waals surface area contributed by atoms with E-state index in [1.165, 1.54) is 6.33 Å². The van der Waals surface area contributed by atoms with Crippen LogP contribution in [-0.4, -0.2) is 40.1 Å². The highest BCUT2D eigenvalue weighted by molar-refractivity contribution is 6.32. The van der Waals surface area contributed by atoms with Gasteiger partial charge in [0.2, 0.25) is 0 Å². The minimum atomic E-state index is -0.0924. The minimum absolute atomic E-state index is 0.00484. The van der Waals surface area contributed by atoms with Gasteiger partial charge in [-0.3, -0.25) is 9.78 Å². The van der Waals surface area contributed by atoms with Crippen LogP contribution in [0.4, 0.5) is 0 Å². The molecule has 2 aromatic heterocycles. The van der Waals surface area contributed by atoms with E-state index in [0.29, 0.717) is 35.4 Å². The van der Waals surface area contributed by atoms with Crippen LogP contribution in [0.1, 0.15) is 22.5 Å². The smallest absolute Gasteiger partial charge is 0.185 e. The molecule has 0 amide bonds. The molecular weight excluding hydrogens is 378 g/mol. The Hall–Kier alpha value is -2.83. The Kier molecular flexibility index (Phi) is 5.60. The van der Waals surface area contributed by atoms with Gasteiger partial charge < -0.3 is 9.47 Å². The molecule has 6 nitrogen and oxygen atoms in total. The molecule has 1 aromatic carbocycles. The van der Waals surface area contributed by atoms with Gasteiger partial charge in [0, 0.05) is 30.8 Å². The lowest BCUT2D eigenvalue weighted by molar-refractivity contribution is 0.0988. The van der Waals surface area contributed by atoms with E-state index in [0.717, 1.165) is 17.5 Å². The third-order valence-electron chi connectivity index (χ3n) is 4.45. The molecule has 3 heterocycles. The van der Waals surface area contributed by atoms with E-state index in [4.69, 9.17) is 21.1 Å². The largest absolute Gasteiger partial charge is 0.486 e. The standard InChI is InChI=1S/C21H18ClN3O3/c22-17-4-3-15(9-21(17)28-16-5-7-27-12-16)18-10-19(25-13-24-18)20(26)8-14-2-1-6-23-11-14/h1-4,6,9-11,13,16H,5,7-8,12H2. The van der Waals surface area contributed by atoms with Crippen molar-refractivity contribution < 1.29 is 14.3 Å². The Bertz CT molecular complexity index is 976. The number of rotatable bonds is 6. The molecule has 0 saturated carbocycles. The van der Waals surface area contributed by atoms with Crippen LogP contribution >= 0.6 is 11.6 Å². The van der Waals surface area contributed by atoms with Gasteiger partial charge in [-0.1, -0.05) is 23.7 Å². The molecule has 1 atom stereocenters. The summed E-state index contributed by atoms with van der Waals surface area (Å²) in [5.41, 5.74) is 2.63. The summed E-state index contributed by atoms with van der Waals surface area (Å²) in [7, 11) is 0. The molecule has 0 N–H and O–H groups in total. The van der Waals surface area contributed by atoms with Crippen molar-refractivity contribution in [2.24, 2.45) is 0 Å². The highest BCUT2D eigenvalue weighted by atomic mass is 35.5. The molecule has 1 fully saturated rings. The molecule has 0 spiro atoms. The predicted molar refractivity (Wildman–Crippen MR) is 105 cm³/mol. The zero-order valence-electron chi connectivity index (χ0n) is 15.0. The summed E-state index contributed by atoms with van der Waals surface area (Å²) in [5, 5.41) is 0.526. The van der Waals surface area contributed by atoms with Crippen LogP contribution in [0, 0.1) is 0 Å². The van der Waals surface area contributed by atoms with Crippen molar-refractivity contribution in [1.29, 1.82) is 0 Å². The second kappa shape index (κ2) is 8.46. The molecule has 4 rings (SSSR count). The zero-order valence-corrected chi connectivity index (χ0v) is 15.8. The summed E-state index contributed by atoms with van der Waals surface area (Å²) in [4.78, 5) is 25.0. The number of halogens is 1. The third-order valence-corrected chi connectivity index (χ3v) is 4.76. The van der Waals surface area contributed by atoms with Crippen LogP contribution in [0.2, 0.25) is 5.02 Å². The Labute approximate surface area is 167 Å². The Morgan fingerprint density at radius 3 is 2.96 bits per heavy atom. The van der Waals surface area contributed by atoms with Crippen molar-refractivity contribution in [2.45, 2.75) is 18.9 Å². The van der Waals surface area contributed by atoms with Crippen LogP contribution in [-0.2, 0) is 11.2 Å². The monoisotopic (exact) mass is 395 g/mol. The summed E-state index contributed by atoms with van der Waals surface area (Å²) < 4.78 is 11.3. The van der Waals surface area contributed by atoms with Crippen LogP contribution in [0.15, 0.2) is 55.1 Å². The van der Waals surface area contributed by atoms with Gasteiger partial charge in [-0.25, -0.2) is 9.97 Å². The molecule has 0 aliphatic carbocycles. The van der Waals surface area contributed by atoms with Crippen molar-refractivity contribution >= 4 is 17.4 Å². The van der Waals surface area contributed by atoms with Crippen LogP contribution in [0.3, 0.4) is 0 Å². The fourth-order valence-corrected chi connectivity index (χ4v) is 3.15. The Morgan fingerprint density at radius 1 is 1.25 bits per heavy atom. The molecule has 142 valence electrons. The van der Waals surface area contributed by atoms with E-state index in [1.54, 1.807) is 30.6 Å². The maximum absolute atomic E-state index is 12.6. The summed E-state index contributed by atoms with van der Waals surface area (Å²) in [6.45, 7) is 1.25. The summed E-state index contributed by atoms with van der Waals surface area (Å²) in [6.07, 6.45) is 5.81. The van der Waals surface area contributed by atoms with Gasteiger partial charge in [-0.05, 0) is 29.8 Å². The summed E-state index contributed by atoms with van der Waals surface area (Å²) in [6, 6.07) is 10.8. The van der Waals surface area contributed by atoms with E-state index in [9.17, 15) is 4.79 Å². The quantitative estimate of drug-likeness (QED) is 0.591. The number of carbonyl (C=O) groups excluding carboxylic acids is 1. The first-order valence-corrected chi connectivity index (χ1v) is 9.35. The predicted octanol–water partition coefficient (Wildman–Crippen LogP) is 3.79. The van der Waals surface area contributed by atoms with Crippen molar-refractivity contribution in [1.82, 2.24) is 15.0 Å². The van der Waals surface area contributed by atoms with Gasteiger partial charge in [-0.15, -0.1) is 0 Å². The van der Waals surface area contributed by atoms with Crippen molar-refractivity contribution in [3.05, 3.63) is 71.4 Å². The molecule has 1 unspecified atom stereocenters. The number of ketones is 1. The average molecular weight is 396 g/mol. The van der Waals surface area contributed by atoms with Crippen LogP contribution in [0.5, 0.6) is 5.75 Å². The van der Waals surface area contributed by atoms with Gasteiger partial charge >= 0.3 is 0 Å². The zero-order chi connectivity index (χ0) is 19.3. The molecule has 1 aliphatic rings. The second-order valence-corrected chi connectivity index (χ2v) is 6.91. The van der Waals surface area contributed by atoms with Gasteiger partial charge in [0.25, 0.3) is 0 Å². The molecule has 0 bridgehead atoms. The number of benzene rings is 1. The maximum Gasteiger partial charge on any atom is 0.185 e. The highest BCUT2D eigenvalue weighted by Crippen LogP contribution is 2.31. The number of ether oxygens (including phenoxy) is 2. The van der Waals surface area contributed by atoms with Crippen molar-refractivity contribution in [3.8, 4) is 17.0 Å².